The predicted octanol–water partition coefficient (Wildman–Crippen LogP) is 1.89. The second-order valence-corrected chi connectivity index (χ2v) is 9.19. The number of rotatable bonds is 5. The van der Waals surface area contributed by atoms with E-state index in [0.29, 0.717) is 11.3 Å². The molecule has 1 aliphatic heterocycles. The lowest BCUT2D eigenvalue weighted by Crippen LogP contribution is -2.42. The summed E-state index contributed by atoms with van der Waals surface area (Å²) in [6.45, 7) is 1.10. The van der Waals surface area contributed by atoms with Gasteiger partial charge in [0.05, 0.1) is 4.90 Å². The van der Waals surface area contributed by atoms with E-state index in [4.69, 9.17) is 5.14 Å². The van der Waals surface area contributed by atoms with Crippen molar-refractivity contribution in [1.29, 1.82) is 0 Å². The van der Waals surface area contributed by atoms with E-state index in [9.17, 15) is 22.8 Å². The zero-order valence-electron chi connectivity index (χ0n) is 17.0. The van der Waals surface area contributed by atoms with Gasteiger partial charge in [0.15, 0.2) is 0 Å². The summed E-state index contributed by atoms with van der Waals surface area (Å²) >= 11 is 0. The minimum absolute atomic E-state index is 0.101. The van der Waals surface area contributed by atoms with Crippen LogP contribution in [0.15, 0.2) is 71.6 Å². The number of carbonyl (C=O) groups is 3. The molecule has 3 aromatic rings. The van der Waals surface area contributed by atoms with Crippen molar-refractivity contribution < 1.29 is 22.8 Å². The first-order valence-electron chi connectivity index (χ1n) is 9.64. The lowest BCUT2D eigenvalue weighted by atomic mass is 9.90. The number of hydrogen-bond donors (Lipinski definition) is 3. The molecule has 0 aliphatic carbocycles. The highest BCUT2D eigenvalue weighted by Gasteiger charge is 2.49. The van der Waals surface area contributed by atoms with Crippen LogP contribution >= 0.6 is 0 Å². The maximum absolute atomic E-state index is 13.1. The van der Waals surface area contributed by atoms with Gasteiger partial charge in [0.1, 0.15) is 12.1 Å². The van der Waals surface area contributed by atoms with Crippen molar-refractivity contribution in [2.75, 3.05) is 11.9 Å². The molecule has 4 rings (SSSR count). The van der Waals surface area contributed by atoms with E-state index in [0.717, 1.165) is 15.7 Å². The van der Waals surface area contributed by atoms with Gasteiger partial charge in [-0.25, -0.2) is 18.4 Å². The second kappa shape index (κ2) is 7.74. The Hall–Kier alpha value is -3.76. The molecule has 10 heteroatoms. The van der Waals surface area contributed by atoms with Crippen molar-refractivity contribution in [3.63, 3.8) is 0 Å². The highest BCUT2D eigenvalue weighted by molar-refractivity contribution is 7.89. The summed E-state index contributed by atoms with van der Waals surface area (Å²) in [5, 5.41) is 12.2. The fraction of sp³-hybridized carbons (Fsp3) is 0.136. The normalized spacial score (nSPS) is 18.6. The summed E-state index contributed by atoms with van der Waals surface area (Å²) < 4.78 is 22.6. The molecule has 0 spiro atoms. The smallest absolute Gasteiger partial charge is 0.325 e. The fourth-order valence-corrected chi connectivity index (χ4v) is 4.12. The van der Waals surface area contributed by atoms with Crippen LogP contribution in [0.5, 0.6) is 0 Å². The molecule has 0 saturated carbocycles. The highest BCUT2D eigenvalue weighted by Crippen LogP contribution is 2.31. The van der Waals surface area contributed by atoms with Gasteiger partial charge in [-0.05, 0) is 53.6 Å². The molecular weight excluding hydrogens is 432 g/mol. The predicted molar refractivity (Wildman–Crippen MR) is 118 cm³/mol. The summed E-state index contributed by atoms with van der Waals surface area (Å²) in [5.41, 5.74) is -0.402. The van der Waals surface area contributed by atoms with E-state index >= 15 is 0 Å². The quantitative estimate of drug-likeness (QED) is 0.508. The minimum Gasteiger partial charge on any atom is -0.325 e. The molecule has 1 saturated heterocycles. The fourth-order valence-electron chi connectivity index (χ4n) is 3.61. The van der Waals surface area contributed by atoms with E-state index in [1.165, 1.54) is 24.3 Å². The molecule has 9 nitrogen and oxygen atoms in total. The van der Waals surface area contributed by atoms with E-state index in [2.05, 4.69) is 10.6 Å². The molecule has 1 aliphatic rings. The Kier molecular flexibility index (Phi) is 5.19. The Balaban J connectivity index is 1.50. The van der Waals surface area contributed by atoms with Gasteiger partial charge in [-0.3, -0.25) is 14.5 Å². The number of nitrogens with zero attached hydrogens (tertiary/aromatic N) is 1. The van der Waals surface area contributed by atoms with Crippen LogP contribution < -0.4 is 15.8 Å². The first-order valence-corrected chi connectivity index (χ1v) is 11.2. The van der Waals surface area contributed by atoms with Crippen LogP contribution in [0.2, 0.25) is 0 Å². The number of imide groups is 1. The van der Waals surface area contributed by atoms with Gasteiger partial charge in [-0.15, -0.1) is 0 Å². The number of nitrogens with two attached hydrogens (primary N) is 1. The molecule has 0 radical (unpaired) electrons. The van der Waals surface area contributed by atoms with Crippen molar-refractivity contribution in [2.24, 2.45) is 5.14 Å². The van der Waals surface area contributed by atoms with Gasteiger partial charge >= 0.3 is 6.03 Å². The van der Waals surface area contributed by atoms with Crippen LogP contribution in [0.25, 0.3) is 10.8 Å². The largest absolute Gasteiger partial charge is 0.325 e. The summed E-state index contributed by atoms with van der Waals surface area (Å²) in [4.78, 5) is 38.8. The topological polar surface area (TPSA) is 139 Å². The summed E-state index contributed by atoms with van der Waals surface area (Å²) in [7, 11) is -3.85. The third kappa shape index (κ3) is 3.93. The number of hydrogen-bond acceptors (Lipinski definition) is 5. The molecule has 32 heavy (non-hydrogen) atoms. The maximum Gasteiger partial charge on any atom is 0.325 e. The van der Waals surface area contributed by atoms with Gasteiger partial charge in [-0.2, -0.15) is 0 Å². The van der Waals surface area contributed by atoms with Crippen molar-refractivity contribution in [3.05, 3.63) is 72.3 Å². The van der Waals surface area contributed by atoms with E-state index in [1.54, 1.807) is 13.0 Å². The number of urea groups is 1. The highest BCUT2D eigenvalue weighted by atomic mass is 32.2. The summed E-state index contributed by atoms with van der Waals surface area (Å²) in [6.07, 6.45) is 0. The van der Waals surface area contributed by atoms with Gasteiger partial charge < -0.3 is 10.6 Å². The van der Waals surface area contributed by atoms with Crippen molar-refractivity contribution in [1.82, 2.24) is 10.2 Å². The Labute approximate surface area is 184 Å². The molecule has 4 N–H and O–H groups in total. The van der Waals surface area contributed by atoms with Gasteiger partial charge in [0.25, 0.3) is 5.91 Å². The number of anilines is 1. The lowest BCUT2D eigenvalue weighted by Gasteiger charge is -2.22. The van der Waals surface area contributed by atoms with Gasteiger partial charge in [0, 0.05) is 5.69 Å². The van der Waals surface area contributed by atoms with Crippen molar-refractivity contribution >= 4 is 44.3 Å². The average Bonchev–Trinajstić information content (AvgIpc) is 2.97. The molecule has 0 bridgehead atoms. The van der Waals surface area contributed by atoms with Crippen molar-refractivity contribution in [2.45, 2.75) is 17.4 Å². The Bertz CT molecular complexity index is 1350. The van der Waals surface area contributed by atoms with Crippen LogP contribution in [0.3, 0.4) is 0 Å². The molecule has 1 heterocycles. The van der Waals surface area contributed by atoms with Crippen molar-refractivity contribution in [3.8, 4) is 0 Å². The van der Waals surface area contributed by atoms with E-state index in [1.807, 2.05) is 36.4 Å². The first-order chi connectivity index (χ1) is 15.1. The molecule has 1 fully saturated rings. The second-order valence-electron chi connectivity index (χ2n) is 7.63. The minimum atomic E-state index is -3.85. The molecule has 3 aromatic carbocycles. The first kappa shape index (κ1) is 21.5. The number of sulfonamides is 1. The molecule has 0 aromatic heterocycles. The molecule has 4 amide bonds. The number of benzene rings is 3. The third-order valence-electron chi connectivity index (χ3n) is 5.37. The molecule has 1 atom stereocenters. The van der Waals surface area contributed by atoms with E-state index in [-0.39, 0.29) is 4.90 Å². The maximum atomic E-state index is 13.1. The summed E-state index contributed by atoms with van der Waals surface area (Å²) in [6, 6.07) is 17.7. The van der Waals surface area contributed by atoms with Crippen LogP contribution in [-0.4, -0.2) is 37.7 Å². The molecule has 164 valence electrons. The molecular formula is C22H20N4O5S. The Morgan fingerprint density at radius 1 is 1.03 bits per heavy atom. The van der Waals surface area contributed by atoms with Gasteiger partial charge in [-0.1, -0.05) is 36.4 Å². The lowest BCUT2D eigenvalue weighted by molar-refractivity contribution is -0.133. The van der Waals surface area contributed by atoms with Crippen LogP contribution in [0.4, 0.5) is 10.5 Å². The number of primary sulfonamides is 1. The third-order valence-corrected chi connectivity index (χ3v) is 6.30. The van der Waals surface area contributed by atoms with E-state index < -0.39 is 40.0 Å². The molecule has 0 unspecified atom stereocenters. The standard InChI is InChI=1S/C22H20N4O5S/c1-22(16-7-6-14-4-2-3-5-15(14)12-16)20(28)26(21(29)25-22)13-19(27)24-17-8-10-18(11-9-17)32(23,30)31/h2-12H,13H2,1H3,(H,24,27)(H,25,29)(H2,23,30,31)/t22-/m1/s1. The zero-order chi connectivity index (χ0) is 23.1. The van der Waals surface area contributed by atoms with Crippen LogP contribution in [-0.2, 0) is 25.2 Å². The van der Waals surface area contributed by atoms with Gasteiger partial charge in [0.2, 0.25) is 15.9 Å². The number of nitrogens with one attached hydrogen (secondary N) is 2. The number of carbonyl (C=O) groups excluding carboxylic acids is 3. The van der Waals surface area contributed by atoms with Crippen LogP contribution in [0, 0.1) is 0 Å². The SMILES string of the molecule is C[C@]1(c2ccc3ccccc3c2)NC(=O)N(CC(=O)Nc2ccc(S(N)(=O)=O)cc2)C1=O. The Morgan fingerprint density at radius 2 is 1.69 bits per heavy atom. The monoisotopic (exact) mass is 452 g/mol. The van der Waals surface area contributed by atoms with Crippen LogP contribution in [0.1, 0.15) is 12.5 Å². The Morgan fingerprint density at radius 3 is 2.34 bits per heavy atom. The summed E-state index contributed by atoms with van der Waals surface area (Å²) in [5.74, 6) is -1.16. The average molecular weight is 452 g/mol. The zero-order valence-corrected chi connectivity index (χ0v) is 17.8. The number of amides is 4. The number of fused-ring (bicyclic) bond motifs is 1.